The van der Waals surface area contributed by atoms with Crippen LogP contribution in [0.2, 0.25) is 0 Å². The van der Waals surface area contributed by atoms with E-state index in [1.807, 2.05) is 30.3 Å². The Morgan fingerprint density at radius 3 is 2.82 bits per heavy atom. The number of Topliss-reactive ketones (excluding diaryl/α,β-unsaturated/α-hetero) is 1. The van der Waals surface area contributed by atoms with Gasteiger partial charge in [-0.3, -0.25) is 14.7 Å². The van der Waals surface area contributed by atoms with Crippen molar-refractivity contribution < 1.29 is 14.3 Å². The summed E-state index contributed by atoms with van der Waals surface area (Å²) < 4.78 is 5.59. The number of hydrogen-bond donors (Lipinski definition) is 1. The summed E-state index contributed by atoms with van der Waals surface area (Å²) in [4.78, 5) is 24.5. The van der Waals surface area contributed by atoms with Crippen LogP contribution in [-0.2, 0) is 0 Å². The van der Waals surface area contributed by atoms with Crippen LogP contribution in [-0.4, -0.2) is 34.1 Å². The molecule has 1 aromatic carbocycles. The molecule has 0 unspecified atom stereocenters. The van der Waals surface area contributed by atoms with Crippen LogP contribution >= 0.6 is 11.8 Å². The highest BCUT2D eigenvalue weighted by atomic mass is 32.2. The second-order valence-corrected chi connectivity index (χ2v) is 5.86. The van der Waals surface area contributed by atoms with Gasteiger partial charge in [0.2, 0.25) is 11.6 Å². The van der Waals surface area contributed by atoms with Crippen molar-refractivity contribution >= 4 is 23.3 Å². The quantitative estimate of drug-likeness (QED) is 0.830. The molecule has 112 valence electrons. The summed E-state index contributed by atoms with van der Waals surface area (Å²) in [5.41, 5.74) is 0.636. The third-order valence-corrected chi connectivity index (χ3v) is 4.28. The zero-order valence-electron chi connectivity index (χ0n) is 11.7. The molecular formula is C16H14N2O3S. The van der Waals surface area contributed by atoms with E-state index < -0.39 is 0 Å². The molecule has 22 heavy (non-hydrogen) atoms. The fraction of sp³-hybridized carbons (Fsp3) is 0.188. The fourth-order valence-electron chi connectivity index (χ4n) is 2.09. The normalized spacial score (nSPS) is 13.7. The lowest BCUT2D eigenvalue weighted by atomic mass is 10.0. The number of aromatic amines is 1. The van der Waals surface area contributed by atoms with Gasteiger partial charge in [0.05, 0.1) is 23.3 Å². The maximum Gasteiger partial charge on any atom is 0.205 e. The maximum atomic E-state index is 12.2. The van der Waals surface area contributed by atoms with Gasteiger partial charge in [0.25, 0.3) is 0 Å². The summed E-state index contributed by atoms with van der Waals surface area (Å²) in [7, 11) is 0. The van der Waals surface area contributed by atoms with Crippen LogP contribution in [0.3, 0.4) is 0 Å². The topological polar surface area (TPSA) is 72.1 Å². The number of H-pyrrole nitrogens is 1. The first-order valence-electron chi connectivity index (χ1n) is 6.90. The lowest BCUT2D eigenvalue weighted by molar-refractivity contribution is 0.0989. The molecular weight excluding hydrogens is 300 g/mol. The number of rotatable bonds is 6. The van der Waals surface area contributed by atoms with Gasteiger partial charge in [0, 0.05) is 11.8 Å². The van der Waals surface area contributed by atoms with Gasteiger partial charge in [-0.1, -0.05) is 18.2 Å². The number of carbonyl (C=O) groups is 2. The first kappa shape index (κ1) is 14.6. The molecule has 0 saturated carbocycles. The number of nitrogens with zero attached hydrogens (tertiary/aromatic N) is 1. The Bertz CT molecular complexity index is 722. The highest BCUT2D eigenvalue weighted by molar-refractivity contribution is 8.04. The molecule has 0 spiro atoms. The van der Waals surface area contributed by atoms with E-state index in [9.17, 15) is 9.59 Å². The highest BCUT2D eigenvalue weighted by Crippen LogP contribution is 2.27. The molecule has 0 fully saturated rings. The molecule has 0 bridgehead atoms. The molecule has 0 aliphatic heterocycles. The van der Waals surface area contributed by atoms with Crippen molar-refractivity contribution in [2.45, 2.75) is 6.42 Å². The number of aromatic nitrogens is 2. The van der Waals surface area contributed by atoms with Crippen molar-refractivity contribution in [2.24, 2.45) is 0 Å². The Labute approximate surface area is 131 Å². The molecule has 0 amide bonds. The van der Waals surface area contributed by atoms with E-state index in [4.69, 9.17) is 4.74 Å². The van der Waals surface area contributed by atoms with Gasteiger partial charge in [-0.25, -0.2) is 0 Å². The van der Waals surface area contributed by atoms with Gasteiger partial charge in [-0.2, -0.15) is 5.10 Å². The molecule has 3 rings (SSSR count). The molecule has 1 aromatic heterocycles. The zero-order valence-corrected chi connectivity index (χ0v) is 12.6. The molecule has 0 saturated heterocycles. The smallest absolute Gasteiger partial charge is 0.205 e. The van der Waals surface area contributed by atoms with Crippen LogP contribution < -0.4 is 4.74 Å². The SMILES string of the molecule is O=C1C(SCCCOc2ccccc2)=CC(=O)c2[nH]ncc21. The van der Waals surface area contributed by atoms with E-state index >= 15 is 0 Å². The molecule has 5 nitrogen and oxygen atoms in total. The Morgan fingerprint density at radius 1 is 1.18 bits per heavy atom. The number of allylic oxidation sites excluding steroid dienone is 2. The van der Waals surface area contributed by atoms with Crippen LogP contribution in [0.25, 0.3) is 0 Å². The van der Waals surface area contributed by atoms with Crippen LogP contribution in [0.4, 0.5) is 0 Å². The summed E-state index contributed by atoms with van der Waals surface area (Å²) in [5, 5.41) is 6.31. The molecule has 1 heterocycles. The Balaban J connectivity index is 1.48. The van der Waals surface area contributed by atoms with Gasteiger partial charge >= 0.3 is 0 Å². The Hall–Kier alpha value is -2.34. The third kappa shape index (κ3) is 3.12. The summed E-state index contributed by atoms with van der Waals surface area (Å²) in [6.45, 7) is 0.573. The van der Waals surface area contributed by atoms with Crippen molar-refractivity contribution in [1.82, 2.24) is 10.2 Å². The highest BCUT2D eigenvalue weighted by Gasteiger charge is 2.27. The number of ether oxygens (including phenoxy) is 1. The monoisotopic (exact) mass is 314 g/mol. The van der Waals surface area contributed by atoms with E-state index in [2.05, 4.69) is 10.2 Å². The Kier molecular flexibility index (Phi) is 4.39. The molecule has 1 aliphatic rings. The standard InChI is InChI=1S/C16H14N2O3S/c19-13-9-14(16(20)12-10-17-18-15(12)13)22-8-4-7-21-11-5-2-1-3-6-11/h1-3,5-6,9-10H,4,7-8H2,(H,17,18). The van der Waals surface area contributed by atoms with Gasteiger partial charge in [0.1, 0.15) is 11.4 Å². The minimum atomic E-state index is -0.199. The average Bonchev–Trinajstić information content (AvgIpc) is 3.03. The van der Waals surface area contributed by atoms with Crippen LogP contribution in [0.15, 0.2) is 47.5 Å². The van der Waals surface area contributed by atoms with Gasteiger partial charge in [-0.05, 0) is 18.6 Å². The van der Waals surface area contributed by atoms with Crippen molar-refractivity contribution in [3.63, 3.8) is 0 Å². The van der Waals surface area contributed by atoms with Gasteiger partial charge < -0.3 is 4.74 Å². The number of carbonyl (C=O) groups excluding carboxylic acids is 2. The van der Waals surface area contributed by atoms with Crippen molar-refractivity contribution in [3.05, 3.63) is 58.8 Å². The maximum absolute atomic E-state index is 12.2. The average molecular weight is 314 g/mol. The minimum absolute atomic E-state index is 0.141. The fourth-order valence-corrected chi connectivity index (χ4v) is 3.00. The van der Waals surface area contributed by atoms with Crippen molar-refractivity contribution in [1.29, 1.82) is 0 Å². The van der Waals surface area contributed by atoms with Crippen LogP contribution in [0, 0.1) is 0 Å². The van der Waals surface area contributed by atoms with Crippen molar-refractivity contribution in [2.75, 3.05) is 12.4 Å². The van der Waals surface area contributed by atoms with E-state index in [0.29, 0.717) is 22.8 Å². The number of para-hydroxylation sites is 1. The van der Waals surface area contributed by atoms with Crippen LogP contribution in [0.5, 0.6) is 5.75 Å². The molecule has 6 heteroatoms. The van der Waals surface area contributed by atoms with Gasteiger partial charge in [0.15, 0.2) is 0 Å². The zero-order chi connectivity index (χ0) is 15.4. The second-order valence-electron chi connectivity index (χ2n) is 4.72. The largest absolute Gasteiger partial charge is 0.494 e. The Morgan fingerprint density at radius 2 is 2.00 bits per heavy atom. The molecule has 2 aromatic rings. The first-order chi connectivity index (χ1) is 10.8. The lowest BCUT2D eigenvalue weighted by Crippen LogP contribution is -2.14. The van der Waals surface area contributed by atoms with E-state index in [-0.39, 0.29) is 17.3 Å². The predicted molar refractivity (Wildman–Crippen MR) is 84.3 cm³/mol. The van der Waals surface area contributed by atoms with Crippen LogP contribution in [0.1, 0.15) is 27.3 Å². The number of fused-ring (bicyclic) bond motifs is 1. The minimum Gasteiger partial charge on any atom is -0.494 e. The van der Waals surface area contributed by atoms with E-state index in [0.717, 1.165) is 12.2 Å². The van der Waals surface area contributed by atoms with Crippen molar-refractivity contribution in [3.8, 4) is 5.75 Å². The number of ketones is 2. The lowest BCUT2D eigenvalue weighted by Gasteiger charge is -2.10. The molecule has 1 aliphatic carbocycles. The second kappa shape index (κ2) is 6.62. The van der Waals surface area contributed by atoms with E-state index in [1.54, 1.807) is 0 Å². The first-order valence-corrected chi connectivity index (χ1v) is 7.89. The number of thioether (sulfide) groups is 1. The van der Waals surface area contributed by atoms with E-state index in [1.165, 1.54) is 24.0 Å². The number of nitrogens with one attached hydrogen (secondary N) is 1. The summed E-state index contributed by atoms with van der Waals surface area (Å²) in [6, 6.07) is 9.58. The van der Waals surface area contributed by atoms with Gasteiger partial charge in [-0.15, -0.1) is 11.8 Å². The summed E-state index contributed by atoms with van der Waals surface area (Å²) in [5.74, 6) is 1.20. The third-order valence-electron chi connectivity index (χ3n) is 3.17. The number of hydrogen-bond acceptors (Lipinski definition) is 5. The summed E-state index contributed by atoms with van der Waals surface area (Å²) in [6.07, 6.45) is 3.57. The molecule has 0 radical (unpaired) electrons. The number of benzene rings is 1. The molecule has 0 atom stereocenters. The molecule has 1 N–H and O–H groups in total. The summed E-state index contributed by atoms with van der Waals surface area (Å²) >= 11 is 1.38. The predicted octanol–water partition coefficient (Wildman–Crippen LogP) is 2.87.